The van der Waals surface area contributed by atoms with E-state index >= 15 is 0 Å². The number of amides is 2. The Hall–Kier alpha value is -2.75. The summed E-state index contributed by atoms with van der Waals surface area (Å²) in [5, 5.41) is 16.1. The molecule has 0 atom stereocenters. The van der Waals surface area contributed by atoms with Crippen molar-refractivity contribution in [3.63, 3.8) is 0 Å². The highest BCUT2D eigenvalue weighted by atomic mass is 79.9. The van der Waals surface area contributed by atoms with E-state index in [-0.39, 0.29) is 17.6 Å². The van der Waals surface area contributed by atoms with E-state index in [1.165, 1.54) is 23.1 Å². The van der Waals surface area contributed by atoms with Gasteiger partial charge in [0.15, 0.2) is 4.34 Å². The Labute approximate surface area is 189 Å². The smallest absolute Gasteiger partial charge is 0.257 e. The van der Waals surface area contributed by atoms with E-state index in [1.54, 1.807) is 18.2 Å². The molecule has 4 aromatic rings. The van der Waals surface area contributed by atoms with Crippen LogP contribution in [0.3, 0.4) is 0 Å². The molecule has 2 N–H and O–H groups in total. The molecule has 4 rings (SSSR count). The number of hydrogen-bond donors (Lipinski definition) is 2. The molecule has 0 bridgehead atoms. The van der Waals surface area contributed by atoms with E-state index < -0.39 is 0 Å². The monoisotopic (exact) mass is 498 g/mol. The molecule has 0 unspecified atom stereocenters. The summed E-state index contributed by atoms with van der Waals surface area (Å²) in [5.74, 6) is -0.207. The van der Waals surface area contributed by atoms with E-state index in [1.807, 2.05) is 48.5 Å². The Morgan fingerprint density at radius 2 is 1.77 bits per heavy atom. The number of benzene rings is 3. The van der Waals surface area contributed by atoms with E-state index in [0.717, 1.165) is 20.9 Å². The van der Waals surface area contributed by atoms with E-state index in [9.17, 15) is 9.59 Å². The van der Waals surface area contributed by atoms with Crippen LogP contribution in [0, 0.1) is 0 Å². The van der Waals surface area contributed by atoms with Crippen molar-refractivity contribution in [2.45, 2.75) is 4.34 Å². The zero-order valence-electron chi connectivity index (χ0n) is 15.5. The topological polar surface area (TPSA) is 84.0 Å². The maximum Gasteiger partial charge on any atom is 0.257 e. The quantitative estimate of drug-likeness (QED) is 0.273. The molecular formula is C21H15BrN4O2S2. The molecule has 0 aliphatic heterocycles. The molecule has 0 aliphatic carbocycles. The summed E-state index contributed by atoms with van der Waals surface area (Å²) in [6.07, 6.45) is 0. The van der Waals surface area contributed by atoms with Gasteiger partial charge in [-0.2, -0.15) is 0 Å². The van der Waals surface area contributed by atoms with Crippen LogP contribution in [0.1, 0.15) is 10.4 Å². The lowest BCUT2D eigenvalue weighted by Gasteiger charge is -2.08. The van der Waals surface area contributed by atoms with Gasteiger partial charge in [0, 0.05) is 21.1 Å². The van der Waals surface area contributed by atoms with Crippen LogP contribution in [-0.2, 0) is 4.79 Å². The highest BCUT2D eigenvalue weighted by molar-refractivity contribution is 9.10. The first-order valence-corrected chi connectivity index (χ1v) is 11.5. The summed E-state index contributed by atoms with van der Waals surface area (Å²) in [5.41, 5.74) is 1.29. The maximum absolute atomic E-state index is 12.4. The zero-order valence-corrected chi connectivity index (χ0v) is 18.7. The van der Waals surface area contributed by atoms with Crippen molar-refractivity contribution in [2.75, 3.05) is 16.4 Å². The molecule has 0 saturated heterocycles. The van der Waals surface area contributed by atoms with Crippen molar-refractivity contribution in [3.8, 4) is 0 Å². The second-order valence-electron chi connectivity index (χ2n) is 6.20. The largest absolute Gasteiger partial charge is 0.325 e. The van der Waals surface area contributed by atoms with Crippen LogP contribution in [-0.4, -0.2) is 27.8 Å². The number of anilines is 2. The van der Waals surface area contributed by atoms with Gasteiger partial charge in [0.2, 0.25) is 11.0 Å². The highest BCUT2D eigenvalue weighted by Gasteiger charge is 2.13. The highest BCUT2D eigenvalue weighted by Crippen LogP contribution is 2.27. The van der Waals surface area contributed by atoms with Gasteiger partial charge >= 0.3 is 0 Å². The standard InChI is InChI=1S/C21H15BrN4O2S2/c22-15-8-3-7-14(11-15)19(28)24-20-25-26-21(30-20)29-12-18(27)23-17-10-4-6-13-5-1-2-9-16(13)17/h1-11H,12H2,(H,23,27)(H,24,25,28). The second kappa shape index (κ2) is 9.38. The molecule has 0 aliphatic rings. The third kappa shape index (κ3) is 5.05. The minimum absolute atomic E-state index is 0.133. The van der Waals surface area contributed by atoms with Gasteiger partial charge in [-0.1, -0.05) is 81.5 Å². The molecule has 150 valence electrons. The van der Waals surface area contributed by atoms with Gasteiger partial charge in [-0.3, -0.25) is 14.9 Å². The van der Waals surface area contributed by atoms with Crippen LogP contribution in [0.15, 0.2) is 75.5 Å². The number of thioether (sulfide) groups is 1. The number of fused-ring (bicyclic) bond motifs is 1. The van der Waals surface area contributed by atoms with E-state index in [4.69, 9.17) is 0 Å². The lowest BCUT2D eigenvalue weighted by molar-refractivity contribution is -0.113. The van der Waals surface area contributed by atoms with Crippen molar-refractivity contribution in [2.24, 2.45) is 0 Å². The molecule has 1 heterocycles. The van der Waals surface area contributed by atoms with Crippen LogP contribution in [0.5, 0.6) is 0 Å². The van der Waals surface area contributed by atoms with Gasteiger partial charge < -0.3 is 5.32 Å². The first-order valence-electron chi connectivity index (χ1n) is 8.89. The summed E-state index contributed by atoms with van der Waals surface area (Å²) in [7, 11) is 0. The number of nitrogens with zero attached hydrogens (tertiary/aromatic N) is 2. The van der Waals surface area contributed by atoms with Crippen LogP contribution < -0.4 is 10.6 Å². The van der Waals surface area contributed by atoms with Gasteiger partial charge in [-0.25, -0.2) is 0 Å². The number of rotatable bonds is 6. The minimum Gasteiger partial charge on any atom is -0.325 e. The molecule has 0 fully saturated rings. The molecule has 2 amide bonds. The normalized spacial score (nSPS) is 10.7. The average Bonchev–Trinajstić information content (AvgIpc) is 3.20. The van der Waals surface area contributed by atoms with E-state index in [0.29, 0.717) is 15.0 Å². The van der Waals surface area contributed by atoms with Gasteiger partial charge in [-0.15, -0.1) is 10.2 Å². The zero-order chi connectivity index (χ0) is 20.9. The Morgan fingerprint density at radius 1 is 0.967 bits per heavy atom. The summed E-state index contributed by atoms with van der Waals surface area (Å²) in [4.78, 5) is 24.7. The third-order valence-electron chi connectivity index (χ3n) is 4.10. The Bertz CT molecular complexity index is 1220. The number of aromatic nitrogens is 2. The summed E-state index contributed by atoms with van der Waals surface area (Å²) in [6.45, 7) is 0. The van der Waals surface area contributed by atoms with Crippen molar-refractivity contribution < 1.29 is 9.59 Å². The fourth-order valence-electron chi connectivity index (χ4n) is 2.77. The fraction of sp³-hybridized carbons (Fsp3) is 0.0476. The Morgan fingerprint density at radius 3 is 2.63 bits per heavy atom. The van der Waals surface area contributed by atoms with E-state index in [2.05, 4.69) is 36.8 Å². The second-order valence-corrected chi connectivity index (χ2v) is 9.32. The SMILES string of the molecule is O=C(CSc1nnc(NC(=O)c2cccc(Br)c2)s1)Nc1cccc2ccccc12. The van der Waals surface area contributed by atoms with Crippen LogP contribution in [0.2, 0.25) is 0 Å². The van der Waals surface area contributed by atoms with Crippen molar-refractivity contribution in [3.05, 3.63) is 76.8 Å². The number of hydrogen-bond acceptors (Lipinski definition) is 6. The summed E-state index contributed by atoms with van der Waals surface area (Å²) in [6, 6.07) is 20.8. The number of halogens is 1. The number of carbonyl (C=O) groups is 2. The first kappa shape index (κ1) is 20.5. The van der Waals surface area contributed by atoms with Crippen molar-refractivity contribution >= 4 is 72.4 Å². The third-order valence-corrected chi connectivity index (χ3v) is 6.57. The maximum atomic E-state index is 12.4. The molecular weight excluding hydrogens is 484 g/mol. The van der Waals surface area contributed by atoms with Gasteiger partial charge in [0.25, 0.3) is 5.91 Å². The van der Waals surface area contributed by atoms with Crippen LogP contribution in [0.4, 0.5) is 10.8 Å². The molecule has 0 spiro atoms. The van der Waals surface area contributed by atoms with Gasteiger partial charge in [0.1, 0.15) is 0 Å². The molecule has 30 heavy (non-hydrogen) atoms. The number of nitrogens with one attached hydrogen (secondary N) is 2. The molecule has 1 aromatic heterocycles. The van der Waals surface area contributed by atoms with Gasteiger partial charge in [0.05, 0.1) is 5.75 Å². The Kier molecular flexibility index (Phi) is 6.41. The molecule has 3 aromatic carbocycles. The predicted octanol–water partition coefficient (Wildman–Crippen LogP) is 5.44. The minimum atomic E-state index is -0.266. The molecule has 0 saturated carbocycles. The lowest BCUT2D eigenvalue weighted by atomic mass is 10.1. The molecule has 6 nitrogen and oxygen atoms in total. The van der Waals surface area contributed by atoms with Crippen LogP contribution in [0.25, 0.3) is 10.8 Å². The predicted molar refractivity (Wildman–Crippen MR) is 125 cm³/mol. The summed E-state index contributed by atoms with van der Waals surface area (Å²) < 4.78 is 1.42. The van der Waals surface area contributed by atoms with Crippen molar-refractivity contribution in [1.82, 2.24) is 10.2 Å². The van der Waals surface area contributed by atoms with Crippen molar-refractivity contribution in [1.29, 1.82) is 0 Å². The van der Waals surface area contributed by atoms with Crippen LogP contribution >= 0.6 is 39.0 Å². The summed E-state index contributed by atoms with van der Waals surface area (Å²) >= 11 is 5.85. The fourth-order valence-corrected chi connectivity index (χ4v) is 4.71. The number of carbonyl (C=O) groups excluding carboxylic acids is 2. The molecule has 9 heteroatoms. The Balaban J connectivity index is 1.34. The average molecular weight is 499 g/mol. The first-order chi connectivity index (χ1) is 14.6. The van der Waals surface area contributed by atoms with Gasteiger partial charge in [-0.05, 0) is 29.7 Å². The molecule has 0 radical (unpaired) electrons. The lowest BCUT2D eigenvalue weighted by Crippen LogP contribution is -2.14.